The highest BCUT2D eigenvalue weighted by molar-refractivity contribution is 5.28. The lowest BCUT2D eigenvalue weighted by Gasteiger charge is -2.12. The van der Waals surface area contributed by atoms with Gasteiger partial charge in [0.15, 0.2) is 5.69 Å². The van der Waals surface area contributed by atoms with Gasteiger partial charge in [-0.05, 0) is 23.8 Å². The van der Waals surface area contributed by atoms with Crippen LogP contribution in [0.15, 0.2) is 36.5 Å². The summed E-state index contributed by atoms with van der Waals surface area (Å²) < 4.78 is 43.6. The van der Waals surface area contributed by atoms with Crippen molar-refractivity contribution in [3.8, 4) is 11.8 Å². The van der Waals surface area contributed by atoms with E-state index < -0.39 is 18.0 Å². The van der Waals surface area contributed by atoms with Crippen molar-refractivity contribution in [1.29, 1.82) is 5.26 Å². The lowest BCUT2D eigenvalue weighted by molar-refractivity contribution is -0.141. The number of nitrogens with zero attached hydrogens (tertiary/aromatic N) is 3. The number of aromatic nitrogens is 2. The number of aliphatic hydroxyl groups excluding tert-OH is 1. The molecule has 1 N–H and O–H groups in total. The van der Waals surface area contributed by atoms with Crippen molar-refractivity contribution in [1.82, 2.24) is 9.78 Å². The number of alkyl halides is 3. The van der Waals surface area contributed by atoms with Crippen LogP contribution in [0, 0.1) is 11.3 Å². The maximum Gasteiger partial charge on any atom is 0.435 e. The maximum absolute atomic E-state index is 12.4. The molecule has 0 saturated carbocycles. The summed E-state index contributed by atoms with van der Waals surface area (Å²) in [6.07, 6.45) is -4.06. The average molecular weight is 325 g/mol. The summed E-state index contributed by atoms with van der Waals surface area (Å²) in [5.41, 5.74) is -0.157. The van der Waals surface area contributed by atoms with Gasteiger partial charge in [-0.25, -0.2) is 0 Å². The summed E-state index contributed by atoms with van der Waals surface area (Å²) in [7, 11) is 0. The zero-order chi connectivity index (χ0) is 16.9. The van der Waals surface area contributed by atoms with Crippen LogP contribution in [0.2, 0.25) is 0 Å². The molecule has 5 nitrogen and oxygen atoms in total. The standard InChI is InChI=1S/C15H14F3N3O2/c16-15(17,18)14-6-8-21(20-14)9-12(22)10-23-13-3-1-11(2-4-13)5-7-19/h1-4,6,8,12,22H,5,9-10H2. The minimum absolute atomic E-state index is 0.0845. The Morgan fingerprint density at radius 2 is 1.96 bits per heavy atom. The highest BCUT2D eigenvalue weighted by Crippen LogP contribution is 2.27. The molecule has 122 valence electrons. The van der Waals surface area contributed by atoms with Crippen LogP contribution in [-0.2, 0) is 19.1 Å². The predicted molar refractivity (Wildman–Crippen MR) is 74.5 cm³/mol. The van der Waals surface area contributed by atoms with E-state index in [1.165, 1.54) is 0 Å². The third kappa shape index (κ3) is 5.00. The Bertz CT molecular complexity index is 675. The van der Waals surface area contributed by atoms with Gasteiger partial charge in [-0.2, -0.15) is 23.5 Å². The van der Waals surface area contributed by atoms with E-state index in [1.54, 1.807) is 24.3 Å². The zero-order valence-corrected chi connectivity index (χ0v) is 12.0. The number of hydrogen-bond acceptors (Lipinski definition) is 4. The fourth-order valence-corrected chi connectivity index (χ4v) is 1.87. The number of benzene rings is 1. The van der Waals surface area contributed by atoms with Crippen LogP contribution in [0.1, 0.15) is 11.3 Å². The Kier molecular flexibility index (Phi) is 5.24. The molecule has 0 saturated heterocycles. The van der Waals surface area contributed by atoms with Gasteiger partial charge in [0.2, 0.25) is 0 Å². The Balaban J connectivity index is 1.84. The van der Waals surface area contributed by atoms with Gasteiger partial charge >= 0.3 is 6.18 Å². The molecule has 23 heavy (non-hydrogen) atoms. The molecule has 0 fully saturated rings. The van der Waals surface area contributed by atoms with Crippen molar-refractivity contribution in [2.75, 3.05) is 6.61 Å². The topological polar surface area (TPSA) is 71.1 Å². The molecular weight excluding hydrogens is 311 g/mol. The zero-order valence-electron chi connectivity index (χ0n) is 12.0. The lowest BCUT2D eigenvalue weighted by Crippen LogP contribution is -2.24. The highest BCUT2D eigenvalue weighted by Gasteiger charge is 2.33. The second kappa shape index (κ2) is 7.15. The molecule has 0 radical (unpaired) electrons. The van der Waals surface area contributed by atoms with E-state index in [-0.39, 0.29) is 13.2 Å². The first-order chi connectivity index (χ1) is 10.9. The smallest absolute Gasteiger partial charge is 0.435 e. The molecular formula is C15H14F3N3O2. The van der Waals surface area contributed by atoms with Gasteiger partial charge in [-0.3, -0.25) is 4.68 Å². The molecule has 1 atom stereocenters. The summed E-state index contributed by atoms with van der Waals surface area (Å²) in [4.78, 5) is 0. The predicted octanol–water partition coefficient (Wildman–Crippen LogP) is 2.41. The Labute approximate surface area is 130 Å². The van der Waals surface area contributed by atoms with Gasteiger partial charge in [-0.1, -0.05) is 12.1 Å². The molecule has 0 amide bonds. The molecule has 0 aliphatic carbocycles. The number of aliphatic hydroxyl groups is 1. The van der Waals surface area contributed by atoms with Crippen LogP contribution in [0.5, 0.6) is 5.75 Å². The third-order valence-electron chi connectivity index (χ3n) is 2.98. The molecule has 0 spiro atoms. The van der Waals surface area contributed by atoms with Gasteiger partial charge in [0.25, 0.3) is 0 Å². The fraction of sp³-hybridized carbons (Fsp3) is 0.333. The first-order valence-corrected chi connectivity index (χ1v) is 6.76. The number of nitriles is 1. The van der Waals surface area contributed by atoms with Gasteiger partial charge < -0.3 is 9.84 Å². The van der Waals surface area contributed by atoms with Crippen molar-refractivity contribution in [3.63, 3.8) is 0 Å². The maximum atomic E-state index is 12.4. The number of halogens is 3. The van der Waals surface area contributed by atoms with Crippen LogP contribution in [-0.4, -0.2) is 27.6 Å². The summed E-state index contributed by atoms with van der Waals surface area (Å²) in [6.45, 7) is -0.193. The average Bonchev–Trinajstić information content (AvgIpc) is 2.95. The minimum atomic E-state index is -4.50. The van der Waals surface area contributed by atoms with E-state index >= 15 is 0 Å². The molecule has 0 aliphatic rings. The molecule has 1 aromatic heterocycles. The fourth-order valence-electron chi connectivity index (χ4n) is 1.87. The van der Waals surface area contributed by atoms with Crippen LogP contribution in [0.3, 0.4) is 0 Å². The number of hydrogen-bond donors (Lipinski definition) is 1. The molecule has 8 heteroatoms. The first kappa shape index (κ1) is 16.8. The Hall–Kier alpha value is -2.53. The van der Waals surface area contributed by atoms with E-state index in [9.17, 15) is 18.3 Å². The Morgan fingerprint density at radius 1 is 1.26 bits per heavy atom. The van der Waals surface area contributed by atoms with E-state index in [0.717, 1.165) is 22.5 Å². The lowest BCUT2D eigenvalue weighted by atomic mass is 10.2. The molecule has 2 rings (SSSR count). The van der Waals surface area contributed by atoms with Crippen LogP contribution >= 0.6 is 0 Å². The molecule has 1 unspecified atom stereocenters. The van der Waals surface area contributed by atoms with E-state index in [1.807, 2.05) is 6.07 Å². The molecule has 0 aliphatic heterocycles. The SMILES string of the molecule is N#CCc1ccc(OCC(O)Cn2ccc(C(F)(F)F)n2)cc1. The molecule has 2 aromatic rings. The largest absolute Gasteiger partial charge is 0.491 e. The van der Waals surface area contributed by atoms with E-state index in [2.05, 4.69) is 5.10 Å². The summed E-state index contributed by atoms with van der Waals surface area (Å²) >= 11 is 0. The summed E-state index contributed by atoms with van der Waals surface area (Å²) in [5.74, 6) is 0.502. The van der Waals surface area contributed by atoms with Gasteiger partial charge in [0, 0.05) is 6.20 Å². The van der Waals surface area contributed by atoms with E-state index in [0.29, 0.717) is 12.2 Å². The van der Waals surface area contributed by atoms with Crippen LogP contribution in [0.4, 0.5) is 13.2 Å². The quantitative estimate of drug-likeness (QED) is 0.885. The van der Waals surface area contributed by atoms with Gasteiger partial charge in [0.1, 0.15) is 18.5 Å². The highest BCUT2D eigenvalue weighted by atomic mass is 19.4. The van der Waals surface area contributed by atoms with Gasteiger partial charge in [0.05, 0.1) is 19.0 Å². The van der Waals surface area contributed by atoms with Crippen LogP contribution in [0.25, 0.3) is 0 Å². The van der Waals surface area contributed by atoms with Crippen molar-refractivity contribution in [2.24, 2.45) is 0 Å². The van der Waals surface area contributed by atoms with Gasteiger partial charge in [-0.15, -0.1) is 0 Å². The second-order valence-corrected chi connectivity index (χ2v) is 4.86. The Morgan fingerprint density at radius 3 is 2.52 bits per heavy atom. The van der Waals surface area contributed by atoms with Crippen molar-refractivity contribution in [3.05, 3.63) is 47.8 Å². The number of ether oxygens (including phenoxy) is 1. The summed E-state index contributed by atoms with van der Waals surface area (Å²) in [6, 6.07) is 9.66. The van der Waals surface area contributed by atoms with Crippen molar-refractivity contribution < 1.29 is 23.0 Å². The third-order valence-corrected chi connectivity index (χ3v) is 2.98. The van der Waals surface area contributed by atoms with E-state index in [4.69, 9.17) is 10.00 Å². The van der Waals surface area contributed by atoms with Crippen LogP contribution < -0.4 is 4.74 Å². The normalized spacial score (nSPS) is 12.7. The summed E-state index contributed by atoms with van der Waals surface area (Å²) in [5, 5.41) is 21.7. The number of rotatable bonds is 6. The van der Waals surface area contributed by atoms with Crippen molar-refractivity contribution in [2.45, 2.75) is 25.2 Å². The second-order valence-electron chi connectivity index (χ2n) is 4.86. The minimum Gasteiger partial charge on any atom is -0.491 e. The van der Waals surface area contributed by atoms with Crippen molar-refractivity contribution >= 4 is 0 Å². The monoisotopic (exact) mass is 325 g/mol. The first-order valence-electron chi connectivity index (χ1n) is 6.76. The molecule has 1 heterocycles. The molecule has 0 bridgehead atoms. The molecule has 1 aromatic carbocycles.